The highest BCUT2D eigenvalue weighted by Crippen LogP contribution is 2.04. The second kappa shape index (κ2) is 11.3. The summed E-state index contributed by atoms with van der Waals surface area (Å²) in [5.41, 5.74) is 0.784. The first kappa shape index (κ1) is 20.7. The van der Waals surface area contributed by atoms with Crippen molar-refractivity contribution >= 4 is 41.5 Å². The average Bonchev–Trinajstić information content (AvgIpc) is 2.46. The van der Waals surface area contributed by atoms with Crippen LogP contribution in [0.1, 0.15) is 27.7 Å². The molecule has 0 aromatic heterocycles. The number of nitrogens with zero attached hydrogens (tertiary/aromatic N) is 1. The van der Waals surface area contributed by atoms with Crippen LogP contribution in [-0.2, 0) is 4.79 Å². The molecule has 3 N–H and O–H groups in total. The van der Waals surface area contributed by atoms with Crippen LogP contribution in [0.2, 0.25) is 0 Å². The van der Waals surface area contributed by atoms with E-state index in [4.69, 9.17) is 0 Å². The van der Waals surface area contributed by atoms with Crippen molar-refractivity contribution in [1.82, 2.24) is 10.6 Å². The van der Waals surface area contributed by atoms with Gasteiger partial charge in [-0.05, 0) is 31.9 Å². The topological polar surface area (TPSA) is 65.5 Å². The number of amides is 1. The molecule has 0 saturated carbocycles. The Morgan fingerprint density at radius 1 is 1.18 bits per heavy atom. The van der Waals surface area contributed by atoms with Crippen LogP contribution >= 0.6 is 24.0 Å². The molecule has 0 radical (unpaired) electrons. The smallest absolute Gasteiger partial charge is 0.246 e. The molecule has 1 aromatic rings. The van der Waals surface area contributed by atoms with Gasteiger partial charge in [-0.2, -0.15) is 0 Å². The average molecular weight is 418 g/mol. The van der Waals surface area contributed by atoms with Gasteiger partial charge in [0.15, 0.2) is 5.96 Å². The number of nitrogens with one attached hydrogen (secondary N) is 3. The minimum atomic E-state index is -0.129. The quantitative estimate of drug-likeness (QED) is 0.378. The number of hydrogen-bond donors (Lipinski definition) is 3. The van der Waals surface area contributed by atoms with Gasteiger partial charge in [-0.15, -0.1) is 24.0 Å². The van der Waals surface area contributed by atoms with Crippen LogP contribution < -0.4 is 16.0 Å². The highest BCUT2D eigenvalue weighted by Gasteiger charge is 2.09. The molecule has 124 valence electrons. The highest BCUT2D eigenvalue weighted by atomic mass is 127. The lowest BCUT2D eigenvalue weighted by atomic mass is 10.1. The summed E-state index contributed by atoms with van der Waals surface area (Å²) in [5.74, 6) is 1.03. The van der Waals surface area contributed by atoms with Crippen molar-refractivity contribution < 1.29 is 4.79 Å². The van der Waals surface area contributed by atoms with Crippen molar-refractivity contribution in [2.75, 3.05) is 18.4 Å². The van der Waals surface area contributed by atoms with Crippen LogP contribution in [0.15, 0.2) is 35.3 Å². The number of carbonyl (C=O) groups is 1. The van der Waals surface area contributed by atoms with Crippen LogP contribution in [-0.4, -0.2) is 31.0 Å². The lowest BCUT2D eigenvalue weighted by molar-refractivity contribution is -0.114. The standard InChI is InChI=1S/C16H26N4O.HI/c1-5-17-16(19-13(4)12(2)3)18-11-15(21)20-14-9-7-6-8-10-14;/h6-10,12-13H,5,11H2,1-4H3,(H,20,21)(H2,17,18,19);1H. The molecule has 0 aliphatic rings. The van der Waals surface area contributed by atoms with Gasteiger partial charge in [-0.1, -0.05) is 32.0 Å². The fourth-order valence-electron chi connectivity index (χ4n) is 1.58. The van der Waals surface area contributed by atoms with Gasteiger partial charge in [0.1, 0.15) is 6.54 Å². The van der Waals surface area contributed by atoms with Gasteiger partial charge < -0.3 is 16.0 Å². The Kier molecular flexibility index (Phi) is 10.6. The van der Waals surface area contributed by atoms with E-state index in [0.29, 0.717) is 17.9 Å². The van der Waals surface area contributed by atoms with Crippen molar-refractivity contribution in [3.8, 4) is 0 Å². The first-order valence-electron chi connectivity index (χ1n) is 7.42. The maximum absolute atomic E-state index is 11.9. The lowest BCUT2D eigenvalue weighted by Crippen LogP contribution is -2.44. The number of hydrogen-bond acceptors (Lipinski definition) is 2. The summed E-state index contributed by atoms with van der Waals surface area (Å²) in [4.78, 5) is 16.2. The maximum atomic E-state index is 11.9. The largest absolute Gasteiger partial charge is 0.357 e. The fraction of sp³-hybridized carbons (Fsp3) is 0.500. The van der Waals surface area contributed by atoms with E-state index in [1.807, 2.05) is 37.3 Å². The minimum absolute atomic E-state index is 0. The normalized spacial score (nSPS) is 12.3. The van der Waals surface area contributed by atoms with Gasteiger partial charge >= 0.3 is 0 Å². The van der Waals surface area contributed by atoms with Crippen LogP contribution in [0.3, 0.4) is 0 Å². The third-order valence-corrected chi connectivity index (χ3v) is 3.15. The molecule has 1 unspecified atom stereocenters. The van der Waals surface area contributed by atoms with Gasteiger partial charge in [-0.3, -0.25) is 4.79 Å². The Bertz CT molecular complexity index is 462. The third kappa shape index (κ3) is 8.21. The molecule has 1 atom stereocenters. The van der Waals surface area contributed by atoms with E-state index < -0.39 is 0 Å². The van der Waals surface area contributed by atoms with Gasteiger partial charge in [0.2, 0.25) is 5.91 Å². The van der Waals surface area contributed by atoms with Crippen molar-refractivity contribution in [1.29, 1.82) is 0 Å². The van der Waals surface area contributed by atoms with Crippen molar-refractivity contribution in [3.63, 3.8) is 0 Å². The molecule has 0 spiro atoms. The minimum Gasteiger partial charge on any atom is -0.357 e. The van der Waals surface area contributed by atoms with E-state index >= 15 is 0 Å². The number of halogens is 1. The van der Waals surface area contributed by atoms with E-state index in [2.05, 4.69) is 41.7 Å². The second-order valence-electron chi connectivity index (χ2n) is 5.29. The zero-order valence-corrected chi connectivity index (χ0v) is 16.0. The van der Waals surface area contributed by atoms with Crippen LogP contribution in [0, 0.1) is 5.92 Å². The maximum Gasteiger partial charge on any atom is 0.246 e. The highest BCUT2D eigenvalue weighted by molar-refractivity contribution is 14.0. The Morgan fingerprint density at radius 2 is 1.82 bits per heavy atom. The Labute approximate surface area is 150 Å². The predicted octanol–water partition coefficient (Wildman–Crippen LogP) is 2.84. The molecule has 0 fully saturated rings. The Morgan fingerprint density at radius 3 is 2.36 bits per heavy atom. The van der Waals surface area contributed by atoms with E-state index in [0.717, 1.165) is 12.2 Å². The predicted molar refractivity (Wildman–Crippen MR) is 104 cm³/mol. The molecule has 0 aliphatic carbocycles. The molecule has 5 nitrogen and oxygen atoms in total. The van der Waals surface area contributed by atoms with Gasteiger partial charge in [0.25, 0.3) is 0 Å². The molecule has 6 heteroatoms. The van der Waals surface area contributed by atoms with Gasteiger partial charge in [-0.25, -0.2) is 4.99 Å². The van der Waals surface area contributed by atoms with Crippen LogP contribution in [0.4, 0.5) is 5.69 Å². The molecule has 1 aromatic carbocycles. The summed E-state index contributed by atoms with van der Waals surface area (Å²) in [5, 5.41) is 9.26. The number of para-hydroxylation sites is 1. The number of carbonyl (C=O) groups excluding carboxylic acids is 1. The molecule has 0 bridgehead atoms. The lowest BCUT2D eigenvalue weighted by Gasteiger charge is -2.20. The molecule has 1 rings (SSSR count). The summed E-state index contributed by atoms with van der Waals surface area (Å²) in [6.07, 6.45) is 0. The van der Waals surface area contributed by atoms with E-state index in [9.17, 15) is 4.79 Å². The summed E-state index contributed by atoms with van der Waals surface area (Å²) < 4.78 is 0. The summed E-state index contributed by atoms with van der Waals surface area (Å²) in [6.45, 7) is 9.24. The Hall–Kier alpha value is -1.31. The number of aliphatic imine (C=N–C) groups is 1. The zero-order valence-electron chi connectivity index (χ0n) is 13.7. The summed E-state index contributed by atoms with van der Waals surface area (Å²) in [6, 6.07) is 9.68. The van der Waals surface area contributed by atoms with Crippen molar-refractivity contribution in [2.24, 2.45) is 10.9 Å². The summed E-state index contributed by atoms with van der Waals surface area (Å²) >= 11 is 0. The fourth-order valence-corrected chi connectivity index (χ4v) is 1.58. The van der Waals surface area contributed by atoms with E-state index in [-0.39, 0.29) is 36.4 Å². The monoisotopic (exact) mass is 418 g/mol. The SMILES string of the molecule is CCNC(=NCC(=O)Nc1ccccc1)NC(C)C(C)C.I. The van der Waals surface area contributed by atoms with Gasteiger partial charge in [0, 0.05) is 18.3 Å². The molecule has 0 saturated heterocycles. The molecule has 1 amide bonds. The molecule has 0 heterocycles. The van der Waals surface area contributed by atoms with Crippen molar-refractivity contribution in [3.05, 3.63) is 30.3 Å². The first-order chi connectivity index (χ1) is 10.0. The van der Waals surface area contributed by atoms with Gasteiger partial charge in [0.05, 0.1) is 0 Å². The molecular formula is C16H27IN4O. The number of guanidine groups is 1. The van der Waals surface area contributed by atoms with Crippen LogP contribution in [0.5, 0.6) is 0 Å². The number of benzene rings is 1. The second-order valence-corrected chi connectivity index (χ2v) is 5.29. The van der Waals surface area contributed by atoms with E-state index in [1.54, 1.807) is 0 Å². The van der Waals surface area contributed by atoms with Crippen LogP contribution in [0.25, 0.3) is 0 Å². The zero-order chi connectivity index (χ0) is 15.7. The number of anilines is 1. The third-order valence-electron chi connectivity index (χ3n) is 3.15. The van der Waals surface area contributed by atoms with Crippen molar-refractivity contribution in [2.45, 2.75) is 33.7 Å². The summed E-state index contributed by atoms with van der Waals surface area (Å²) in [7, 11) is 0. The number of rotatable bonds is 6. The molecular weight excluding hydrogens is 391 g/mol. The first-order valence-corrected chi connectivity index (χ1v) is 7.42. The molecule has 22 heavy (non-hydrogen) atoms. The van der Waals surface area contributed by atoms with E-state index in [1.165, 1.54) is 0 Å². The molecule has 0 aliphatic heterocycles. The Balaban J connectivity index is 0.00000441.